The van der Waals surface area contributed by atoms with Crippen LogP contribution in [-0.4, -0.2) is 43.7 Å². The molecule has 1 unspecified atom stereocenters. The molecule has 1 N–H and O–H groups in total. The molecule has 26 heavy (non-hydrogen) atoms. The van der Waals surface area contributed by atoms with Crippen molar-refractivity contribution in [1.82, 2.24) is 10.2 Å². The highest BCUT2D eigenvalue weighted by atomic mass is 32.1. The van der Waals surface area contributed by atoms with Crippen molar-refractivity contribution in [2.24, 2.45) is 0 Å². The first kappa shape index (κ1) is 17.2. The van der Waals surface area contributed by atoms with Crippen molar-refractivity contribution in [3.63, 3.8) is 0 Å². The summed E-state index contributed by atoms with van der Waals surface area (Å²) in [5.41, 5.74) is 1.96. The van der Waals surface area contributed by atoms with Crippen molar-refractivity contribution in [2.45, 2.75) is 6.04 Å². The molecule has 1 aliphatic rings. The first-order valence-electron chi connectivity index (χ1n) is 8.92. The summed E-state index contributed by atoms with van der Waals surface area (Å²) in [5.74, 6) is -0.0238. The second kappa shape index (κ2) is 7.99. The van der Waals surface area contributed by atoms with Gasteiger partial charge in [0.15, 0.2) is 0 Å². The number of hydrogen-bond donors (Lipinski definition) is 1. The molecule has 1 fully saturated rings. The van der Waals surface area contributed by atoms with Crippen LogP contribution < -0.4 is 5.32 Å². The third kappa shape index (κ3) is 3.80. The fourth-order valence-corrected chi connectivity index (χ4v) is 4.14. The lowest BCUT2D eigenvalue weighted by atomic mass is 10.1. The van der Waals surface area contributed by atoms with Crippen LogP contribution in [0.25, 0.3) is 10.8 Å². The zero-order valence-corrected chi connectivity index (χ0v) is 15.4. The Kier molecular flexibility index (Phi) is 5.29. The van der Waals surface area contributed by atoms with Crippen molar-refractivity contribution in [3.05, 3.63) is 70.4 Å². The lowest BCUT2D eigenvalue weighted by Crippen LogP contribution is -2.43. The predicted octanol–water partition coefficient (Wildman–Crippen LogP) is 3.70. The first-order chi connectivity index (χ1) is 12.8. The van der Waals surface area contributed by atoms with Gasteiger partial charge in [-0.2, -0.15) is 11.3 Å². The molecule has 0 spiro atoms. The van der Waals surface area contributed by atoms with Gasteiger partial charge in [0, 0.05) is 25.2 Å². The van der Waals surface area contributed by atoms with E-state index in [0.717, 1.165) is 37.1 Å². The summed E-state index contributed by atoms with van der Waals surface area (Å²) < 4.78 is 5.48. The number of carbonyl (C=O) groups excluding carboxylic acids is 1. The summed E-state index contributed by atoms with van der Waals surface area (Å²) in [4.78, 5) is 15.1. The molecule has 0 saturated carbocycles. The van der Waals surface area contributed by atoms with Gasteiger partial charge < -0.3 is 10.1 Å². The van der Waals surface area contributed by atoms with Crippen molar-refractivity contribution >= 4 is 28.0 Å². The minimum atomic E-state index is -0.0238. The molecule has 1 aliphatic heterocycles. The third-order valence-corrected chi connectivity index (χ3v) is 5.58. The van der Waals surface area contributed by atoms with Crippen LogP contribution in [0.2, 0.25) is 0 Å². The minimum Gasteiger partial charge on any atom is -0.379 e. The summed E-state index contributed by atoms with van der Waals surface area (Å²) >= 11 is 1.69. The van der Waals surface area contributed by atoms with E-state index in [2.05, 4.69) is 33.1 Å². The van der Waals surface area contributed by atoms with Gasteiger partial charge in [-0.25, -0.2) is 0 Å². The molecular formula is C21H22N2O2S. The molecule has 4 nitrogen and oxygen atoms in total. The molecule has 1 aromatic heterocycles. The maximum absolute atomic E-state index is 12.7. The van der Waals surface area contributed by atoms with Gasteiger partial charge in [-0.3, -0.25) is 9.69 Å². The van der Waals surface area contributed by atoms with Crippen LogP contribution in [0.3, 0.4) is 0 Å². The fraction of sp³-hybridized carbons (Fsp3) is 0.286. The summed E-state index contributed by atoms with van der Waals surface area (Å²) in [6, 6.07) is 16.3. The van der Waals surface area contributed by atoms with Crippen LogP contribution >= 0.6 is 11.3 Å². The van der Waals surface area contributed by atoms with Gasteiger partial charge in [0.2, 0.25) is 0 Å². The zero-order valence-electron chi connectivity index (χ0n) is 14.6. The highest BCUT2D eigenvalue weighted by molar-refractivity contribution is 7.07. The maximum atomic E-state index is 12.7. The quantitative estimate of drug-likeness (QED) is 0.749. The number of nitrogens with one attached hydrogen (secondary N) is 1. The van der Waals surface area contributed by atoms with E-state index in [1.165, 1.54) is 5.56 Å². The molecule has 5 heteroatoms. The number of ether oxygens (including phenoxy) is 1. The average molecular weight is 366 g/mol. The third-order valence-electron chi connectivity index (χ3n) is 4.88. The average Bonchev–Trinajstić information content (AvgIpc) is 3.23. The molecule has 2 heterocycles. The van der Waals surface area contributed by atoms with E-state index in [0.29, 0.717) is 12.1 Å². The van der Waals surface area contributed by atoms with Gasteiger partial charge in [0.1, 0.15) is 0 Å². The number of hydrogen-bond acceptors (Lipinski definition) is 4. The number of morpholine rings is 1. The lowest BCUT2D eigenvalue weighted by Gasteiger charge is -2.34. The van der Waals surface area contributed by atoms with Crippen molar-refractivity contribution in [3.8, 4) is 0 Å². The number of rotatable bonds is 5. The molecule has 1 amide bonds. The monoisotopic (exact) mass is 366 g/mol. The normalized spacial score (nSPS) is 16.5. The van der Waals surface area contributed by atoms with E-state index >= 15 is 0 Å². The number of carbonyl (C=O) groups is 1. The van der Waals surface area contributed by atoms with Crippen LogP contribution in [0.4, 0.5) is 0 Å². The SMILES string of the molecule is O=C(NCC(c1ccsc1)N1CCOCC1)c1ccc2ccccc2c1. The molecule has 1 atom stereocenters. The van der Waals surface area contributed by atoms with Crippen LogP contribution in [0.5, 0.6) is 0 Å². The highest BCUT2D eigenvalue weighted by Crippen LogP contribution is 2.24. The second-order valence-corrected chi connectivity index (χ2v) is 7.27. The standard InChI is InChI=1S/C21H22N2O2S/c24-21(18-6-5-16-3-1-2-4-17(16)13-18)22-14-20(19-7-12-26-15-19)23-8-10-25-11-9-23/h1-7,12-13,15,20H,8-11,14H2,(H,22,24). The molecular weight excluding hydrogens is 344 g/mol. The Labute approximate surface area is 157 Å². The van der Waals surface area contributed by atoms with Gasteiger partial charge in [0.05, 0.1) is 19.3 Å². The van der Waals surface area contributed by atoms with E-state index in [4.69, 9.17) is 4.74 Å². The van der Waals surface area contributed by atoms with Crippen LogP contribution in [0.1, 0.15) is 22.0 Å². The Bertz CT molecular complexity index is 873. The second-order valence-electron chi connectivity index (χ2n) is 6.49. The summed E-state index contributed by atoms with van der Waals surface area (Å²) in [6.07, 6.45) is 0. The number of fused-ring (bicyclic) bond motifs is 1. The Morgan fingerprint density at radius 3 is 2.69 bits per heavy atom. The summed E-state index contributed by atoms with van der Waals surface area (Å²) in [7, 11) is 0. The Hall–Kier alpha value is -2.21. The number of amides is 1. The molecule has 0 radical (unpaired) electrons. The summed E-state index contributed by atoms with van der Waals surface area (Å²) in [5, 5.41) is 9.63. The van der Waals surface area contributed by atoms with E-state index in [9.17, 15) is 4.79 Å². The molecule has 0 aliphatic carbocycles. The topological polar surface area (TPSA) is 41.6 Å². The van der Waals surface area contributed by atoms with Crippen molar-refractivity contribution < 1.29 is 9.53 Å². The summed E-state index contributed by atoms with van der Waals surface area (Å²) in [6.45, 7) is 3.89. The molecule has 4 rings (SSSR count). The van der Waals surface area contributed by atoms with Gasteiger partial charge >= 0.3 is 0 Å². The van der Waals surface area contributed by atoms with Gasteiger partial charge in [0.25, 0.3) is 5.91 Å². The fourth-order valence-electron chi connectivity index (χ4n) is 3.43. The van der Waals surface area contributed by atoms with E-state index in [-0.39, 0.29) is 11.9 Å². The number of benzene rings is 2. The highest BCUT2D eigenvalue weighted by Gasteiger charge is 2.23. The van der Waals surface area contributed by atoms with Crippen LogP contribution in [0, 0.1) is 0 Å². The van der Waals surface area contributed by atoms with Gasteiger partial charge in [-0.05, 0) is 45.3 Å². The smallest absolute Gasteiger partial charge is 0.251 e. The number of thiophene rings is 1. The molecule has 0 bridgehead atoms. The van der Waals surface area contributed by atoms with Crippen LogP contribution in [0.15, 0.2) is 59.3 Å². The van der Waals surface area contributed by atoms with E-state index in [1.807, 2.05) is 36.4 Å². The van der Waals surface area contributed by atoms with E-state index < -0.39 is 0 Å². The largest absolute Gasteiger partial charge is 0.379 e. The Balaban J connectivity index is 1.48. The Morgan fingerprint density at radius 1 is 1.12 bits per heavy atom. The molecule has 134 valence electrons. The number of nitrogens with zero attached hydrogens (tertiary/aromatic N) is 1. The van der Waals surface area contributed by atoms with Crippen LogP contribution in [-0.2, 0) is 4.74 Å². The maximum Gasteiger partial charge on any atom is 0.251 e. The van der Waals surface area contributed by atoms with Crippen molar-refractivity contribution in [1.29, 1.82) is 0 Å². The molecule has 3 aromatic rings. The first-order valence-corrected chi connectivity index (χ1v) is 9.86. The zero-order chi connectivity index (χ0) is 17.8. The van der Waals surface area contributed by atoms with E-state index in [1.54, 1.807) is 11.3 Å². The van der Waals surface area contributed by atoms with Gasteiger partial charge in [-0.15, -0.1) is 0 Å². The van der Waals surface area contributed by atoms with Gasteiger partial charge in [-0.1, -0.05) is 30.3 Å². The minimum absolute atomic E-state index is 0.0238. The van der Waals surface area contributed by atoms with Crippen molar-refractivity contribution in [2.75, 3.05) is 32.8 Å². The lowest BCUT2D eigenvalue weighted by molar-refractivity contribution is 0.0163. The Morgan fingerprint density at radius 2 is 1.92 bits per heavy atom. The molecule has 1 saturated heterocycles. The predicted molar refractivity (Wildman–Crippen MR) is 106 cm³/mol. The molecule has 2 aromatic carbocycles.